The van der Waals surface area contributed by atoms with Crippen molar-refractivity contribution in [1.82, 2.24) is 4.98 Å². The summed E-state index contributed by atoms with van der Waals surface area (Å²) in [4.78, 5) is 25.7. The van der Waals surface area contributed by atoms with Crippen LogP contribution in [0.15, 0.2) is 36.5 Å². The molecule has 0 fully saturated rings. The van der Waals surface area contributed by atoms with E-state index in [0.717, 1.165) is 18.2 Å². The Kier molecular flexibility index (Phi) is 4.05. The van der Waals surface area contributed by atoms with E-state index < -0.39 is 16.6 Å². The highest BCUT2D eigenvalue weighted by Gasteiger charge is 2.14. The van der Waals surface area contributed by atoms with Gasteiger partial charge >= 0.3 is 0 Å². The van der Waals surface area contributed by atoms with E-state index in [2.05, 4.69) is 15.7 Å². The van der Waals surface area contributed by atoms with Crippen molar-refractivity contribution in [1.29, 1.82) is 0 Å². The van der Waals surface area contributed by atoms with Crippen molar-refractivity contribution >= 4 is 23.1 Å². The summed E-state index contributed by atoms with van der Waals surface area (Å²) in [6, 6.07) is 5.74. The van der Waals surface area contributed by atoms with Crippen molar-refractivity contribution in [3.63, 3.8) is 0 Å². The van der Waals surface area contributed by atoms with Gasteiger partial charge in [0.05, 0.1) is 16.2 Å². The lowest BCUT2D eigenvalue weighted by molar-refractivity contribution is -0.384. The zero-order chi connectivity index (χ0) is 15.4. The van der Waals surface area contributed by atoms with Crippen molar-refractivity contribution in [3.8, 4) is 0 Å². The van der Waals surface area contributed by atoms with Crippen LogP contribution in [0.5, 0.6) is 0 Å². The zero-order valence-corrected chi connectivity index (χ0v) is 10.5. The molecule has 8 nitrogen and oxygen atoms in total. The van der Waals surface area contributed by atoms with Gasteiger partial charge in [-0.05, 0) is 18.2 Å². The van der Waals surface area contributed by atoms with Gasteiger partial charge in [-0.25, -0.2) is 15.2 Å². The summed E-state index contributed by atoms with van der Waals surface area (Å²) in [5.74, 6) is 4.07. The Bertz CT molecular complexity index is 690. The predicted octanol–water partition coefficient (Wildman–Crippen LogP) is 1.67. The molecule has 0 bridgehead atoms. The van der Waals surface area contributed by atoms with Gasteiger partial charge in [0.15, 0.2) is 0 Å². The smallest absolute Gasteiger partial charge is 0.271 e. The van der Waals surface area contributed by atoms with E-state index in [4.69, 9.17) is 5.84 Å². The van der Waals surface area contributed by atoms with Gasteiger partial charge in [0.25, 0.3) is 11.6 Å². The van der Waals surface area contributed by atoms with Gasteiger partial charge in [0.2, 0.25) is 0 Å². The molecule has 4 N–H and O–H groups in total. The SMILES string of the molecule is NNc1ccc(C(=O)Nc2cc([N+](=O)[O-])ccc2F)cn1. The van der Waals surface area contributed by atoms with E-state index in [9.17, 15) is 19.3 Å². The van der Waals surface area contributed by atoms with Gasteiger partial charge in [-0.1, -0.05) is 0 Å². The normalized spacial score (nSPS) is 10.0. The minimum absolute atomic E-state index is 0.153. The largest absolute Gasteiger partial charge is 0.319 e. The van der Waals surface area contributed by atoms with E-state index >= 15 is 0 Å². The molecule has 108 valence electrons. The maximum absolute atomic E-state index is 13.5. The van der Waals surface area contributed by atoms with Gasteiger partial charge in [0, 0.05) is 18.3 Å². The number of rotatable bonds is 4. The number of nitrogens with two attached hydrogens (primary N) is 1. The second-order valence-electron chi connectivity index (χ2n) is 3.95. The number of hydrogen-bond donors (Lipinski definition) is 3. The van der Waals surface area contributed by atoms with Crippen LogP contribution in [0.2, 0.25) is 0 Å². The number of nitrogens with one attached hydrogen (secondary N) is 2. The molecule has 0 aliphatic heterocycles. The number of hydrazine groups is 1. The van der Waals surface area contributed by atoms with Crippen molar-refractivity contribution in [2.45, 2.75) is 0 Å². The second-order valence-corrected chi connectivity index (χ2v) is 3.95. The van der Waals surface area contributed by atoms with Crippen LogP contribution in [-0.2, 0) is 0 Å². The van der Waals surface area contributed by atoms with Crippen LogP contribution in [0.25, 0.3) is 0 Å². The fraction of sp³-hybridized carbons (Fsp3) is 0. The number of pyridine rings is 1. The summed E-state index contributed by atoms with van der Waals surface area (Å²) in [5, 5.41) is 12.9. The lowest BCUT2D eigenvalue weighted by atomic mass is 10.2. The first-order valence-corrected chi connectivity index (χ1v) is 5.69. The summed E-state index contributed by atoms with van der Waals surface area (Å²) >= 11 is 0. The molecule has 1 aromatic carbocycles. The first kappa shape index (κ1) is 14.3. The average Bonchev–Trinajstić information content (AvgIpc) is 2.49. The monoisotopic (exact) mass is 291 g/mol. The van der Waals surface area contributed by atoms with E-state index in [0.29, 0.717) is 5.82 Å². The minimum atomic E-state index is -0.776. The Hall–Kier alpha value is -3.07. The van der Waals surface area contributed by atoms with Crippen LogP contribution in [-0.4, -0.2) is 15.8 Å². The Morgan fingerprint density at radius 3 is 2.67 bits per heavy atom. The summed E-state index contributed by atoms with van der Waals surface area (Å²) in [6.07, 6.45) is 1.24. The third kappa shape index (κ3) is 3.28. The van der Waals surface area contributed by atoms with Crippen LogP contribution in [0.4, 0.5) is 21.6 Å². The maximum Gasteiger partial charge on any atom is 0.271 e. The van der Waals surface area contributed by atoms with Crippen LogP contribution in [0, 0.1) is 15.9 Å². The van der Waals surface area contributed by atoms with Gasteiger partial charge in [-0.15, -0.1) is 0 Å². The summed E-state index contributed by atoms with van der Waals surface area (Å²) in [5.41, 5.74) is 1.84. The number of carbonyl (C=O) groups is 1. The fourth-order valence-electron chi connectivity index (χ4n) is 1.53. The molecule has 21 heavy (non-hydrogen) atoms. The number of nitro groups is 1. The number of nitro benzene ring substituents is 1. The molecule has 0 spiro atoms. The van der Waals surface area contributed by atoms with Gasteiger partial charge in [-0.3, -0.25) is 14.9 Å². The number of non-ortho nitro benzene ring substituents is 1. The molecular weight excluding hydrogens is 281 g/mol. The molecule has 1 aromatic heterocycles. The molecule has 0 aliphatic rings. The van der Waals surface area contributed by atoms with Crippen molar-refractivity contribution in [3.05, 3.63) is 58.0 Å². The lowest BCUT2D eigenvalue weighted by Gasteiger charge is -2.06. The first-order valence-electron chi connectivity index (χ1n) is 5.69. The molecule has 9 heteroatoms. The Morgan fingerprint density at radius 1 is 1.33 bits per heavy atom. The van der Waals surface area contributed by atoms with Crippen LogP contribution in [0.1, 0.15) is 10.4 Å². The second kappa shape index (κ2) is 5.92. The Morgan fingerprint density at radius 2 is 2.10 bits per heavy atom. The van der Waals surface area contributed by atoms with Gasteiger partial charge in [0.1, 0.15) is 11.6 Å². The highest BCUT2D eigenvalue weighted by molar-refractivity contribution is 6.04. The maximum atomic E-state index is 13.5. The first-order chi connectivity index (χ1) is 10.0. The van der Waals surface area contributed by atoms with Crippen LogP contribution >= 0.6 is 0 Å². The lowest BCUT2D eigenvalue weighted by Crippen LogP contribution is -2.14. The number of aromatic nitrogens is 1. The standard InChI is InChI=1S/C12H10FN5O3/c13-9-3-2-8(18(20)21)5-10(9)16-12(19)7-1-4-11(17-14)15-6-7/h1-6H,14H2,(H,15,17)(H,16,19). The Labute approximate surface area is 117 Å². The van der Waals surface area contributed by atoms with Crippen LogP contribution < -0.4 is 16.6 Å². The zero-order valence-electron chi connectivity index (χ0n) is 10.5. The highest BCUT2D eigenvalue weighted by atomic mass is 19.1. The van der Waals surface area contributed by atoms with E-state index in [1.54, 1.807) is 0 Å². The van der Waals surface area contributed by atoms with Gasteiger partial charge < -0.3 is 10.7 Å². The Balaban J connectivity index is 2.22. The number of hydrogen-bond acceptors (Lipinski definition) is 6. The number of nitrogen functional groups attached to an aromatic ring is 1. The molecule has 1 amide bonds. The van der Waals surface area contributed by atoms with Crippen molar-refractivity contribution in [2.24, 2.45) is 5.84 Å². The number of amides is 1. The number of benzene rings is 1. The third-order valence-corrected chi connectivity index (χ3v) is 2.58. The third-order valence-electron chi connectivity index (χ3n) is 2.58. The molecule has 0 atom stereocenters. The summed E-state index contributed by atoms with van der Waals surface area (Å²) < 4.78 is 13.5. The number of carbonyl (C=O) groups excluding carboxylic acids is 1. The summed E-state index contributed by atoms with van der Waals surface area (Å²) in [7, 11) is 0. The number of nitrogens with zero attached hydrogens (tertiary/aromatic N) is 2. The number of halogens is 1. The molecule has 2 aromatic rings. The molecule has 1 heterocycles. The fourth-order valence-corrected chi connectivity index (χ4v) is 1.53. The number of anilines is 2. The molecule has 0 saturated heterocycles. The quantitative estimate of drug-likeness (QED) is 0.447. The average molecular weight is 291 g/mol. The van der Waals surface area contributed by atoms with Crippen molar-refractivity contribution in [2.75, 3.05) is 10.7 Å². The predicted molar refractivity (Wildman–Crippen MR) is 73.1 cm³/mol. The van der Waals surface area contributed by atoms with E-state index in [1.807, 2.05) is 0 Å². The van der Waals surface area contributed by atoms with Gasteiger partial charge in [-0.2, -0.15) is 0 Å². The molecular formula is C12H10FN5O3. The minimum Gasteiger partial charge on any atom is -0.319 e. The molecule has 0 unspecified atom stereocenters. The molecule has 0 saturated carbocycles. The van der Waals surface area contributed by atoms with E-state index in [-0.39, 0.29) is 16.9 Å². The molecule has 0 aliphatic carbocycles. The topological polar surface area (TPSA) is 123 Å². The summed E-state index contributed by atoms with van der Waals surface area (Å²) in [6.45, 7) is 0. The highest BCUT2D eigenvalue weighted by Crippen LogP contribution is 2.21. The van der Waals surface area contributed by atoms with E-state index in [1.165, 1.54) is 18.3 Å². The molecule has 2 rings (SSSR count). The van der Waals surface area contributed by atoms with Crippen LogP contribution in [0.3, 0.4) is 0 Å². The molecule has 0 radical (unpaired) electrons. The van der Waals surface area contributed by atoms with Crippen molar-refractivity contribution < 1.29 is 14.1 Å².